The quantitative estimate of drug-likeness (QED) is 0.439. The maximum atomic E-state index is 11.0. The van der Waals surface area contributed by atoms with Crippen molar-refractivity contribution in [3.63, 3.8) is 0 Å². The summed E-state index contributed by atoms with van der Waals surface area (Å²) in [5.41, 5.74) is 0.921. The van der Waals surface area contributed by atoms with E-state index in [-0.39, 0.29) is 5.69 Å². The standard InChI is InChI=1S/C13H20N2O3/c1-3-4-5-8-18-13-7-6-11(10-14-2)9-12(13)15(16)17/h6-7,9,14H,3-5,8,10H2,1-2H3. The van der Waals surface area contributed by atoms with E-state index in [1.165, 1.54) is 0 Å². The lowest BCUT2D eigenvalue weighted by Gasteiger charge is -2.08. The molecule has 5 nitrogen and oxygen atoms in total. The van der Waals surface area contributed by atoms with Gasteiger partial charge in [0.2, 0.25) is 0 Å². The Hall–Kier alpha value is -1.62. The summed E-state index contributed by atoms with van der Waals surface area (Å²) in [4.78, 5) is 10.6. The first-order valence-electron chi connectivity index (χ1n) is 6.23. The molecule has 0 aromatic heterocycles. The molecule has 1 rings (SSSR count). The molecule has 0 saturated heterocycles. The van der Waals surface area contributed by atoms with Gasteiger partial charge in [0.15, 0.2) is 5.75 Å². The molecule has 0 saturated carbocycles. The van der Waals surface area contributed by atoms with Gasteiger partial charge in [0, 0.05) is 12.6 Å². The summed E-state index contributed by atoms with van der Waals surface area (Å²) in [6, 6.07) is 5.08. The predicted octanol–water partition coefficient (Wildman–Crippen LogP) is 2.88. The second-order valence-electron chi connectivity index (χ2n) is 4.15. The molecule has 1 aromatic rings. The molecular formula is C13H20N2O3. The van der Waals surface area contributed by atoms with Crippen molar-refractivity contribution in [2.24, 2.45) is 0 Å². The van der Waals surface area contributed by atoms with E-state index in [1.54, 1.807) is 19.2 Å². The van der Waals surface area contributed by atoms with Gasteiger partial charge in [-0.3, -0.25) is 10.1 Å². The first-order chi connectivity index (χ1) is 8.69. The van der Waals surface area contributed by atoms with E-state index in [0.29, 0.717) is 18.9 Å². The minimum Gasteiger partial charge on any atom is -0.487 e. The maximum absolute atomic E-state index is 11.0. The zero-order valence-electron chi connectivity index (χ0n) is 10.9. The summed E-state index contributed by atoms with van der Waals surface area (Å²) in [7, 11) is 1.81. The van der Waals surface area contributed by atoms with Gasteiger partial charge in [-0.15, -0.1) is 0 Å². The van der Waals surface area contributed by atoms with E-state index < -0.39 is 4.92 Å². The number of nitrogens with one attached hydrogen (secondary N) is 1. The smallest absolute Gasteiger partial charge is 0.311 e. The average molecular weight is 252 g/mol. The van der Waals surface area contributed by atoms with Crippen LogP contribution in [0.3, 0.4) is 0 Å². The fourth-order valence-corrected chi connectivity index (χ4v) is 1.68. The van der Waals surface area contributed by atoms with Gasteiger partial charge < -0.3 is 10.1 Å². The molecule has 5 heteroatoms. The SMILES string of the molecule is CCCCCOc1ccc(CNC)cc1[N+](=O)[O-]. The molecule has 0 aliphatic carbocycles. The van der Waals surface area contributed by atoms with Gasteiger partial charge in [0.25, 0.3) is 0 Å². The Labute approximate surface area is 107 Å². The molecule has 100 valence electrons. The number of hydrogen-bond donors (Lipinski definition) is 1. The van der Waals surface area contributed by atoms with Gasteiger partial charge in [0.05, 0.1) is 11.5 Å². The van der Waals surface area contributed by atoms with Gasteiger partial charge in [-0.05, 0) is 25.1 Å². The molecule has 0 heterocycles. The van der Waals surface area contributed by atoms with Crippen molar-refractivity contribution in [3.8, 4) is 5.75 Å². The van der Waals surface area contributed by atoms with Crippen LogP contribution < -0.4 is 10.1 Å². The van der Waals surface area contributed by atoms with Crippen LogP contribution in [0.4, 0.5) is 5.69 Å². The summed E-state index contributed by atoms with van der Waals surface area (Å²) < 4.78 is 5.47. The predicted molar refractivity (Wildman–Crippen MR) is 70.9 cm³/mol. The second kappa shape index (κ2) is 7.66. The highest BCUT2D eigenvalue weighted by Crippen LogP contribution is 2.28. The van der Waals surface area contributed by atoms with Crippen molar-refractivity contribution in [2.75, 3.05) is 13.7 Å². The monoisotopic (exact) mass is 252 g/mol. The molecule has 0 spiro atoms. The van der Waals surface area contributed by atoms with Crippen molar-refractivity contribution in [3.05, 3.63) is 33.9 Å². The third kappa shape index (κ3) is 4.33. The Balaban J connectivity index is 2.73. The fraction of sp³-hybridized carbons (Fsp3) is 0.538. The van der Waals surface area contributed by atoms with Crippen LogP contribution in [0.2, 0.25) is 0 Å². The summed E-state index contributed by atoms with van der Waals surface area (Å²) in [5, 5.41) is 13.9. The lowest BCUT2D eigenvalue weighted by Crippen LogP contribution is -2.06. The Morgan fingerprint density at radius 2 is 2.17 bits per heavy atom. The molecule has 0 atom stereocenters. The Morgan fingerprint density at radius 1 is 1.39 bits per heavy atom. The van der Waals surface area contributed by atoms with Crippen LogP contribution in [0.5, 0.6) is 5.75 Å². The zero-order valence-corrected chi connectivity index (χ0v) is 10.9. The van der Waals surface area contributed by atoms with Gasteiger partial charge in [-0.1, -0.05) is 25.8 Å². The molecule has 0 amide bonds. The van der Waals surface area contributed by atoms with Crippen LogP contribution in [0, 0.1) is 10.1 Å². The van der Waals surface area contributed by atoms with Crippen molar-refractivity contribution in [1.29, 1.82) is 0 Å². The third-order valence-corrected chi connectivity index (χ3v) is 2.61. The summed E-state index contributed by atoms with van der Waals surface area (Å²) in [6.45, 7) is 3.24. The van der Waals surface area contributed by atoms with Crippen LogP contribution in [-0.2, 0) is 6.54 Å². The van der Waals surface area contributed by atoms with E-state index in [2.05, 4.69) is 12.2 Å². The highest BCUT2D eigenvalue weighted by molar-refractivity contribution is 5.48. The van der Waals surface area contributed by atoms with Crippen LogP contribution >= 0.6 is 0 Å². The van der Waals surface area contributed by atoms with Gasteiger partial charge in [-0.25, -0.2) is 0 Å². The van der Waals surface area contributed by atoms with Crippen LogP contribution in [0.25, 0.3) is 0 Å². The molecule has 0 bridgehead atoms. The summed E-state index contributed by atoms with van der Waals surface area (Å²) in [5.74, 6) is 0.357. The molecule has 1 N–H and O–H groups in total. The molecule has 0 aliphatic heterocycles. The zero-order chi connectivity index (χ0) is 13.4. The van der Waals surface area contributed by atoms with Crippen molar-refractivity contribution in [2.45, 2.75) is 32.7 Å². The Kier molecular flexibility index (Phi) is 6.14. The molecule has 0 unspecified atom stereocenters. The first kappa shape index (κ1) is 14.4. The first-order valence-corrected chi connectivity index (χ1v) is 6.23. The Morgan fingerprint density at radius 3 is 2.78 bits per heavy atom. The molecular weight excluding hydrogens is 232 g/mol. The Bertz CT molecular complexity index is 394. The normalized spacial score (nSPS) is 10.3. The molecule has 0 fully saturated rings. The number of nitrogens with zero attached hydrogens (tertiary/aromatic N) is 1. The summed E-state index contributed by atoms with van der Waals surface area (Å²) in [6.07, 6.45) is 3.10. The molecule has 0 aliphatic rings. The number of nitro groups is 1. The average Bonchev–Trinajstić information content (AvgIpc) is 2.36. The number of hydrogen-bond acceptors (Lipinski definition) is 4. The van der Waals surface area contributed by atoms with Crippen molar-refractivity contribution >= 4 is 5.69 Å². The fourth-order valence-electron chi connectivity index (χ4n) is 1.68. The third-order valence-electron chi connectivity index (χ3n) is 2.61. The number of benzene rings is 1. The number of nitro benzene ring substituents is 1. The number of unbranched alkanes of at least 4 members (excludes halogenated alkanes) is 2. The van der Waals surface area contributed by atoms with Gasteiger partial charge in [0.1, 0.15) is 0 Å². The van der Waals surface area contributed by atoms with Crippen molar-refractivity contribution < 1.29 is 9.66 Å². The van der Waals surface area contributed by atoms with E-state index in [9.17, 15) is 10.1 Å². The van der Waals surface area contributed by atoms with Crippen LogP contribution in [-0.4, -0.2) is 18.6 Å². The highest BCUT2D eigenvalue weighted by Gasteiger charge is 2.15. The summed E-state index contributed by atoms with van der Waals surface area (Å²) >= 11 is 0. The largest absolute Gasteiger partial charge is 0.487 e. The minimum absolute atomic E-state index is 0.0410. The van der Waals surface area contributed by atoms with Crippen molar-refractivity contribution in [1.82, 2.24) is 5.32 Å². The molecule has 0 radical (unpaired) electrons. The maximum Gasteiger partial charge on any atom is 0.311 e. The van der Waals surface area contributed by atoms with E-state index in [1.807, 2.05) is 6.07 Å². The van der Waals surface area contributed by atoms with E-state index in [0.717, 1.165) is 24.8 Å². The lowest BCUT2D eigenvalue weighted by atomic mass is 10.2. The molecule has 18 heavy (non-hydrogen) atoms. The van der Waals surface area contributed by atoms with Gasteiger partial charge in [-0.2, -0.15) is 0 Å². The topological polar surface area (TPSA) is 64.4 Å². The van der Waals surface area contributed by atoms with Crippen LogP contribution in [0.1, 0.15) is 31.7 Å². The number of ether oxygens (including phenoxy) is 1. The molecule has 1 aromatic carbocycles. The highest BCUT2D eigenvalue weighted by atomic mass is 16.6. The minimum atomic E-state index is -0.395. The van der Waals surface area contributed by atoms with Crippen LogP contribution in [0.15, 0.2) is 18.2 Å². The second-order valence-corrected chi connectivity index (χ2v) is 4.15. The van der Waals surface area contributed by atoms with E-state index in [4.69, 9.17) is 4.74 Å². The van der Waals surface area contributed by atoms with Gasteiger partial charge >= 0.3 is 5.69 Å². The number of rotatable bonds is 8. The van der Waals surface area contributed by atoms with E-state index >= 15 is 0 Å². The lowest BCUT2D eigenvalue weighted by molar-refractivity contribution is -0.385.